The third kappa shape index (κ3) is 3.80. The van der Waals surface area contributed by atoms with Crippen molar-refractivity contribution in [3.8, 4) is 11.1 Å². The van der Waals surface area contributed by atoms with E-state index < -0.39 is 0 Å². The average molecular weight is 362 g/mol. The van der Waals surface area contributed by atoms with Gasteiger partial charge in [-0.1, -0.05) is 80.6 Å². The van der Waals surface area contributed by atoms with Crippen LogP contribution in [0.3, 0.4) is 0 Å². The molecule has 0 heterocycles. The highest BCUT2D eigenvalue weighted by Crippen LogP contribution is 2.23. The summed E-state index contributed by atoms with van der Waals surface area (Å²) in [6, 6.07) is 25.5. The van der Waals surface area contributed by atoms with E-state index in [1.807, 2.05) is 19.9 Å². The van der Waals surface area contributed by atoms with E-state index in [0.717, 1.165) is 0 Å². The number of benzene rings is 3. The van der Waals surface area contributed by atoms with E-state index >= 15 is 0 Å². The SMILES string of the molecule is CC.I.c1ccc(-c2ccc3ccccc3c2)cc1. The summed E-state index contributed by atoms with van der Waals surface area (Å²) in [5.74, 6) is 0. The molecule has 0 saturated heterocycles. The molecule has 98 valence electrons. The molecule has 0 unspecified atom stereocenters. The first-order valence-corrected chi connectivity index (χ1v) is 6.48. The molecule has 3 aromatic rings. The second-order valence-electron chi connectivity index (χ2n) is 3.93. The zero-order chi connectivity index (χ0) is 12.8. The van der Waals surface area contributed by atoms with Crippen molar-refractivity contribution in [2.24, 2.45) is 0 Å². The lowest BCUT2D eigenvalue weighted by molar-refractivity contribution is 1.50. The van der Waals surface area contributed by atoms with Gasteiger partial charge in [0, 0.05) is 0 Å². The van der Waals surface area contributed by atoms with Crippen molar-refractivity contribution in [1.82, 2.24) is 0 Å². The number of halogens is 1. The van der Waals surface area contributed by atoms with E-state index in [4.69, 9.17) is 0 Å². The summed E-state index contributed by atoms with van der Waals surface area (Å²) < 4.78 is 0. The minimum atomic E-state index is 0. The molecule has 0 aliphatic heterocycles. The van der Waals surface area contributed by atoms with Gasteiger partial charge in [-0.15, -0.1) is 24.0 Å². The predicted molar refractivity (Wildman–Crippen MR) is 96.1 cm³/mol. The predicted octanol–water partition coefficient (Wildman–Crippen LogP) is 6.15. The summed E-state index contributed by atoms with van der Waals surface area (Å²) in [5.41, 5.74) is 2.55. The standard InChI is InChI=1S/C16H12.C2H6.HI/c1-2-6-13(7-3-1)16-11-10-14-8-4-5-9-15(14)12-16;1-2;/h1-12H;1-2H3;1H. The Bertz CT molecular complexity index is 615. The van der Waals surface area contributed by atoms with Crippen molar-refractivity contribution in [3.05, 3.63) is 72.8 Å². The highest BCUT2D eigenvalue weighted by Gasteiger charge is 1.97. The van der Waals surface area contributed by atoms with Crippen molar-refractivity contribution >= 4 is 34.7 Å². The van der Waals surface area contributed by atoms with Crippen LogP contribution in [-0.4, -0.2) is 0 Å². The summed E-state index contributed by atoms with van der Waals surface area (Å²) in [6.45, 7) is 4.00. The highest BCUT2D eigenvalue weighted by molar-refractivity contribution is 14.0. The lowest BCUT2D eigenvalue weighted by Gasteiger charge is -2.03. The van der Waals surface area contributed by atoms with E-state index in [1.165, 1.54) is 21.9 Å². The number of hydrogen-bond acceptors (Lipinski definition) is 0. The maximum absolute atomic E-state index is 2.24. The minimum absolute atomic E-state index is 0. The van der Waals surface area contributed by atoms with Gasteiger partial charge in [0.05, 0.1) is 0 Å². The third-order valence-corrected chi connectivity index (χ3v) is 2.86. The van der Waals surface area contributed by atoms with Gasteiger partial charge in [-0.25, -0.2) is 0 Å². The average Bonchev–Trinajstić information content (AvgIpc) is 2.50. The maximum Gasteiger partial charge on any atom is -0.0178 e. The summed E-state index contributed by atoms with van der Waals surface area (Å²) >= 11 is 0. The van der Waals surface area contributed by atoms with E-state index in [-0.39, 0.29) is 24.0 Å². The normalized spacial score (nSPS) is 9.16. The molecule has 0 saturated carbocycles. The Kier molecular flexibility index (Phi) is 6.57. The highest BCUT2D eigenvalue weighted by atomic mass is 127. The Morgan fingerprint density at radius 1 is 0.526 bits per heavy atom. The van der Waals surface area contributed by atoms with Gasteiger partial charge in [0.1, 0.15) is 0 Å². The van der Waals surface area contributed by atoms with Crippen LogP contribution < -0.4 is 0 Å². The summed E-state index contributed by atoms with van der Waals surface area (Å²) in [6.07, 6.45) is 0. The second kappa shape index (κ2) is 7.95. The molecule has 3 aromatic carbocycles. The van der Waals surface area contributed by atoms with Crippen LogP contribution in [0.15, 0.2) is 72.8 Å². The Morgan fingerprint density at radius 3 is 1.79 bits per heavy atom. The van der Waals surface area contributed by atoms with E-state index in [1.54, 1.807) is 0 Å². The molecule has 0 spiro atoms. The van der Waals surface area contributed by atoms with Gasteiger partial charge in [-0.05, 0) is 28.0 Å². The molecule has 0 aliphatic carbocycles. The quantitative estimate of drug-likeness (QED) is 0.456. The Morgan fingerprint density at radius 2 is 1.11 bits per heavy atom. The smallest absolute Gasteiger partial charge is 0.0178 e. The Labute approximate surface area is 132 Å². The monoisotopic (exact) mass is 362 g/mol. The summed E-state index contributed by atoms with van der Waals surface area (Å²) in [4.78, 5) is 0. The molecule has 0 N–H and O–H groups in total. The van der Waals surface area contributed by atoms with Crippen molar-refractivity contribution < 1.29 is 0 Å². The molecular weight excluding hydrogens is 343 g/mol. The largest absolute Gasteiger partial charge is 0.107 e. The molecule has 1 heteroatoms. The second-order valence-corrected chi connectivity index (χ2v) is 3.93. The van der Waals surface area contributed by atoms with Crippen molar-refractivity contribution in [3.63, 3.8) is 0 Å². The molecule has 19 heavy (non-hydrogen) atoms. The molecule has 0 atom stereocenters. The van der Waals surface area contributed by atoms with Gasteiger partial charge in [-0.2, -0.15) is 0 Å². The fourth-order valence-electron chi connectivity index (χ4n) is 2.00. The first kappa shape index (κ1) is 15.7. The van der Waals surface area contributed by atoms with Gasteiger partial charge in [0.2, 0.25) is 0 Å². The van der Waals surface area contributed by atoms with Crippen molar-refractivity contribution in [2.45, 2.75) is 13.8 Å². The van der Waals surface area contributed by atoms with Gasteiger partial charge >= 0.3 is 0 Å². The molecule has 0 aliphatic rings. The zero-order valence-electron chi connectivity index (χ0n) is 11.3. The van der Waals surface area contributed by atoms with Crippen LogP contribution in [0.5, 0.6) is 0 Å². The number of rotatable bonds is 1. The van der Waals surface area contributed by atoms with Gasteiger partial charge in [-0.3, -0.25) is 0 Å². The maximum atomic E-state index is 2.24. The zero-order valence-corrected chi connectivity index (χ0v) is 13.7. The first-order chi connectivity index (χ1) is 8.93. The Balaban J connectivity index is 0.000000576. The summed E-state index contributed by atoms with van der Waals surface area (Å²) in [5, 5.41) is 2.59. The fourth-order valence-corrected chi connectivity index (χ4v) is 2.00. The summed E-state index contributed by atoms with van der Waals surface area (Å²) in [7, 11) is 0. The molecule has 0 bridgehead atoms. The van der Waals surface area contributed by atoms with E-state index in [9.17, 15) is 0 Å². The lowest BCUT2D eigenvalue weighted by atomic mass is 10.0. The van der Waals surface area contributed by atoms with Gasteiger partial charge < -0.3 is 0 Å². The fraction of sp³-hybridized carbons (Fsp3) is 0.111. The van der Waals surface area contributed by atoms with E-state index in [2.05, 4.69) is 66.7 Å². The molecule has 3 rings (SSSR count). The van der Waals surface area contributed by atoms with Crippen molar-refractivity contribution in [2.75, 3.05) is 0 Å². The van der Waals surface area contributed by atoms with Crippen LogP contribution in [-0.2, 0) is 0 Å². The molecule has 0 radical (unpaired) electrons. The lowest BCUT2D eigenvalue weighted by Crippen LogP contribution is -1.77. The first-order valence-electron chi connectivity index (χ1n) is 6.48. The van der Waals surface area contributed by atoms with Crippen LogP contribution in [0.25, 0.3) is 21.9 Å². The topological polar surface area (TPSA) is 0 Å². The van der Waals surface area contributed by atoms with Crippen LogP contribution in [0.4, 0.5) is 0 Å². The van der Waals surface area contributed by atoms with Crippen LogP contribution in [0.2, 0.25) is 0 Å². The number of hydrogen-bond donors (Lipinski definition) is 0. The molecular formula is C18H19I. The van der Waals surface area contributed by atoms with Crippen molar-refractivity contribution in [1.29, 1.82) is 0 Å². The Hall–Kier alpha value is -1.35. The molecule has 0 fully saturated rings. The van der Waals surface area contributed by atoms with Crippen LogP contribution >= 0.6 is 24.0 Å². The molecule has 0 aromatic heterocycles. The number of fused-ring (bicyclic) bond motifs is 1. The van der Waals surface area contributed by atoms with Gasteiger partial charge in [0.25, 0.3) is 0 Å². The molecule has 0 nitrogen and oxygen atoms in total. The van der Waals surface area contributed by atoms with Gasteiger partial charge in [0.15, 0.2) is 0 Å². The van der Waals surface area contributed by atoms with E-state index in [0.29, 0.717) is 0 Å². The third-order valence-electron chi connectivity index (χ3n) is 2.86. The van der Waals surface area contributed by atoms with Crippen LogP contribution in [0, 0.1) is 0 Å². The minimum Gasteiger partial charge on any atom is -0.107 e. The van der Waals surface area contributed by atoms with Crippen LogP contribution in [0.1, 0.15) is 13.8 Å². The molecule has 0 amide bonds.